The summed E-state index contributed by atoms with van der Waals surface area (Å²) in [6.07, 6.45) is 4.24. The van der Waals surface area contributed by atoms with Crippen LogP contribution >= 0.6 is 0 Å². The molecule has 0 spiro atoms. The molecule has 1 aromatic heterocycles. The molecule has 5 nitrogen and oxygen atoms in total. The first kappa shape index (κ1) is 10.3. The first-order valence-corrected chi connectivity index (χ1v) is 5.25. The second-order valence-electron chi connectivity index (χ2n) is 3.96. The second kappa shape index (κ2) is 4.53. The van der Waals surface area contributed by atoms with Crippen LogP contribution in [-0.4, -0.2) is 41.0 Å². The third-order valence-electron chi connectivity index (χ3n) is 2.86. The van der Waals surface area contributed by atoms with Gasteiger partial charge in [0.2, 0.25) is 5.89 Å². The number of likely N-dealkylation sites (N-methyl/N-ethyl adjacent to an activating group) is 1. The zero-order valence-electron chi connectivity index (χ0n) is 8.85. The molecule has 2 rings (SSSR count). The maximum absolute atomic E-state index is 10.2. The molecule has 1 saturated heterocycles. The minimum atomic E-state index is 0.216. The van der Waals surface area contributed by atoms with E-state index in [1.54, 1.807) is 0 Å². The van der Waals surface area contributed by atoms with Gasteiger partial charge in [-0.2, -0.15) is 4.98 Å². The van der Waals surface area contributed by atoms with Crippen molar-refractivity contribution in [1.82, 2.24) is 15.0 Å². The highest BCUT2D eigenvalue weighted by atomic mass is 16.5. The molecule has 0 aromatic carbocycles. The predicted octanol–water partition coefficient (Wildman–Crippen LogP) is 0.448. The smallest absolute Gasteiger partial charge is 0.233 e. The summed E-state index contributed by atoms with van der Waals surface area (Å²) in [5.41, 5.74) is 0. The molecule has 0 radical (unpaired) electrons. The van der Waals surface area contributed by atoms with Crippen LogP contribution in [0.4, 0.5) is 0 Å². The summed E-state index contributed by atoms with van der Waals surface area (Å²) >= 11 is 0. The van der Waals surface area contributed by atoms with E-state index in [4.69, 9.17) is 4.52 Å². The van der Waals surface area contributed by atoms with Crippen LogP contribution in [0.3, 0.4) is 0 Å². The Bertz CT molecular complexity index is 337. The van der Waals surface area contributed by atoms with Gasteiger partial charge >= 0.3 is 0 Å². The molecule has 2 heterocycles. The van der Waals surface area contributed by atoms with Crippen LogP contribution in [0.15, 0.2) is 4.52 Å². The van der Waals surface area contributed by atoms with Crippen molar-refractivity contribution in [1.29, 1.82) is 0 Å². The maximum Gasteiger partial charge on any atom is 0.233 e. The van der Waals surface area contributed by atoms with E-state index in [1.165, 1.54) is 12.8 Å². The van der Waals surface area contributed by atoms with Crippen molar-refractivity contribution in [3.63, 3.8) is 0 Å². The van der Waals surface area contributed by atoms with E-state index in [0.717, 1.165) is 19.3 Å². The molecule has 82 valence electrons. The molecular formula is C10H15N3O2. The molecule has 0 bridgehead atoms. The first-order valence-electron chi connectivity index (χ1n) is 5.25. The van der Waals surface area contributed by atoms with Gasteiger partial charge in [0.1, 0.15) is 6.29 Å². The van der Waals surface area contributed by atoms with Crippen LogP contribution < -0.4 is 0 Å². The molecule has 1 atom stereocenters. The molecule has 5 heteroatoms. The highest BCUT2D eigenvalue weighted by Crippen LogP contribution is 2.17. The van der Waals surface area contributed by atoms with Crippen molar-refractivity contribution >= 4 is 6.29 Å². The Morgan fingerprint density at radius 2 is 2.53 bits per heavy atom. The Hall–Kier alpha value is -1.23. The highest BCUT2D eigenvalue weighted by molar-refractivity contribution is 5.52. The van der Waals surface area contributed by atoms with Gasteiger partial charge in [-0.05, 0) is 26.4 Å². The second-order valence-corrected chi connectivity index (χ2v) is 3.96. The number of likely N-dealkylation sites (tertiary alicyclic amines) is 1. The Kier molecular flexibility index (Phi) is 3.11. The number of rotatable bonds is 4. The number of hydrogen-bond donors (Lipinski definition) is 0. The van der Waals surface area contributed by atoms with Crippen LogP contribution in [-0.2, 0) is 17.6 Å². The van der Waals surface area contributed by atoms with Crippen molar-refractivity contribution in [2.45, 2.75) is 31.7 Å². The van der Waals surface area contributed by atoms with Crippen molar-refractivity contribution in [3.8, 4) is 0 Å². The lowest BCUT2D eigenvalue weighted by molar-refractivity contribution is -0.107. The van der Waals surface area contributed by atoms with Gasteiger partial charge in [0.15, 0.2) is 5.82 Å². The van der Waals surface area contributed by atoms with Gasteiger partial charge in [0.05, 0.1) is 6.42 Å². The monoisotopic (exact) mass is 209 g/mol. The minimum absolute atomic E-state index is 0.216. The number of carbonyl (C=O) groups is 1. The van der Waals surface area contributed by atoms with Gasteiger partial charge in [0.25, 0.3) is 0 Å². The van der Waals surface area contributed by atoms with Gasteiger partial charge < -0.3 is 14.2 Å². The first-order chi connectivity index (χ1) is 7.29. The molecule has 0 aliphatic carbocycles. The lowest BCUT2D eigenvalue weighted by Crippen LogP contribution is -2.27. The summed E-state index contributed by atoms with van der Waals surface area (Å²) in [6.45, 7) is 1.14. The number of carbonyl (C=O) groups excluding carboxylic acids is 1. The number of hydrogen-bond acceptors (Lipinski definition) is 5. The van der Waals surface area contributed by atoms with Crippen LogP contribution in [0, 0.1) is 0 Å². The number of aromatic nitrogens is 2. The summed E-state index contributed by atoms with van der Waals surface area (Å²) in [4.78, 5) is 16.7. The minimum Gasteiger partial charge on any atom is -0.339 e. The molecule has 1 aliphatic heterocycles. The van der Waals surface area contributed by atoms with Crippen molar-refractivity contribution in [2.24, 2.45) is 0 Å². The Balaban J connectivity index is 1.95. The normalized spacial score (nSPS) is 22.1. The Morgan fingerprint density at radius 1 is 1.67 bits per heavy atom. The fourth-order valence-corrected chi connectivity index (χ4v) is 1.98. The number of aldehydes is 1. The fourth-order valence-electron chi connectivity index (χ4n) is 1.98. The molecule has 0 saturated carbocycles. The molecule has 1 unspecified atom stereocenters. The molecule has 15 heavy (non-hydrogen) atoms. The van der Waals surface area contributed by atoms with E-state index < -0.39 is 0 Å². The van der Waals surface area contributed by atoms with Gasteiger partial charge in [0, 0.05) is 12.5 Å². The molecular weight excluding hydrogens is 194 g/mol. The summed E-state index contributed by atoms with van der Waals surface area (Å²) in [5, 5.41) is 3.86. The van der Waals surface area contributed by atoms with Gasteiger partial charge in [-0.3, -0.25) is 0 Å². The Morgan fingerprint density at radius 3 is 3.20 bits per heavy atom. The van der Waals surface area contributed by atoms with Crippen LogP contribution in [0.1, 0.15) is 24.6 Å². The lowest BCUT2D eigenvalue weighted by atomic mass is 10.1. The molecule has 1 fully saturated rings. The topological polar surface area (TPSA) is 59.2 Å². The van der Waals surface area contributed by atoms with Crippen molar-refractivity contribution in [2.75, 3.05) is 13.6 Å². The lowest BCUT2D eigenvalue weighted by Gasteiger charge is -2.16. The number of nitrogens with zero attached hydrogens (tertiary/aromatic N) is 3. The maximum atomic E-state index is 10.2. The standard InChI is InChI=1S/C10H15N3O2/c1-13-5-2-3-8(13)7-9-11-10(4-6-14)15-12-9/h6,8H,2-5,7H2,1H3. The molecule has 1 aromatic rings. The van der Waals surface area contributed by atoms with Gasteiger partial charge in [-0.15, -0.1) is 0 Å². The summed E-state index contributed by atoms with van der Waals surface area (Å²) in [7, 11) is 2.12. The molecule has 1 aliphatic rings. The van der Waals surface area contributed by atoms with E-state index in [1.807, 2.05) is 0 Å². The fraction of sp³-hybridized carbons (Fsp3) is 0.700. The Labute approximate surface area is 88.5 Å². The highest BCUT2D eigenvalue weighted by Gasteiger charge is 2.22. The van der Waals surface area contributed by atoms with E-state index in [0.29, 0.717) is 17.8 Å². The van der Waals surface area contributed by atoms with Gasteiger partial charge in [-0.1, -0.05) is 5.16 Å². The molecule has 0 amide bonds. The third kappa shape index (κ3) is 2.41. The van der Waals surface area contributed by atoms with Crippen LogP contribution in [0.25, 0.3) is 0 Å². The average molecular weight is 209 g/mol. The quantitative estimate of drug-likeness (QED) is 0.674. The molecule has 0 N–H and O–H groups in total. The zero-order chi connectivity index (χ0) is 10.7. The zero-order valence-corrected chi connectivity index (χ0v) is 8.85. The van der Waals surface area contributed by atoms with Crippen LogP contribution in [0.5, 0.6) is 0 Å². The van der Waals surface area contributed by atoms with Gasteiger partial charge in [-0.25, -0.2) is 0 Å². The average Bonchev–Trinajstić information content (AvgIpc) is 2.79. The van der Waals surface area contributed by atoms with Crippen molar-refractivity contribution in [3.05, 3.63) is 11.7 Å². The van der Waals surface area contributed by atoms with E-state index in [-0.39, 0.29) is 6.42 Å². The van der Waals surface area contributed by atoms with Crippen molar-refractivity contribution < 1.29 is 9.32 Å². The summed E-state index contributed by atoms with van der Waals surface area (Å²) in [6, 6.07) is 0.520. The van der Waals surface area contributed by atoms with Crippen LogP contribution in [0.2, 0.25) is 0 Å². The van der Waals surface area contributed by atoms with E-state index >= 15 is 0 Å². The summed E-state index contributed by atoms with van der Waals surface area (Å²) < 4.78 is 4.94. The SMILES string of the molecule is CN1CCCC1Cc1noc(CC=O)n1. The summed E-state index contributed by atoms with van der Waals surface area (Å²) in [5.74, 6) is 1.13. The van der Waals surface area contributed by atoms with E-state index in [2.05, 4.69) is 22.1 Å². The predicted molar refractivity (Wildman–Crippen MR) is 53.4 cm³/mol. The third-order valence-corrected chi connectivity index (χ3v) is 2.86. The van der Waals surface area contributed by atoms with E-state index in [9.17, 15) is 4.79 Å². The largest absolute Gasteiger partial charge is 0.339 e.